The summed E-state index contributed by atoms with van der Waals surface area (Å²) in [5.74, 6) is -0.0975. The Morgan fingerprint density at radius 2 is 1.93 bits per heavy atom. The lowest BCUT2D eigenvalue weighted by molar-refractivity contribution is -0.135. The zero-order valence-corrected chi connectivity index (χ0v) is 8.66. The average Bonchev–Trinajstić information content (AvgIpc) is 2.67. The maximum absolute atomic E-state index is 11.9. The zero-order valence-electron chi connectivity index (χ0n) is 8.66. The Kier molecular flexibility index (Phi) is 2.98. The largest absolute Gasteiger partial charge is 0.409 e. The molecule has 5 heteroatoms. The second-order valence-electron chi connectivity index (χ2n) is 4.11. The molecule has 1 saturated heterocycles. The minimum Gasteiger partial charge on any atom is -0.409 e. The highest BCUT2D eigenvalue weighted by molar-refractivity contribution is 6.05. The van der Waals surface area contributed by atoms with Crippen molar-refractivity contribution in [2.24, 2.45) is 16.3 Å². The quantitative estimate of drug-likeness (QED) is 0.292. The number of amidine groups is 1. The van der Waals surface area contributed by atoms with Crippen molar-refractivity contribution in [2.45, 2.75) is 26.7 Å². The van der Waals surface area contributed by atoms with Gasteiger partial charge in [-0.1, -0.05) is 5.16 Å². The van der Waals surface area contributed by atoms with E-state index in [1.807, 2.05) is 0 Å². The molecule has 0 spiro atoms. The Bertz CT molecular complexity index is 255. The molecule has 0 saturated carbocycles. The van der Waals surface area contributed by atoms with Gasteiger partial charge in [0.1, 0.15) is 5.41 Å². The van der Waals surface area contributed by atoms with Crippen LogP contribution in [0, 0.1) is 5.41 Å². The van der Waals surface area contributed by atoms with E-state index in [1.54, 1.807) is 18.7 Å². The molecule has 80 valence electrons. The maximum atomic E-state index is 11.9. The normalized spacial score (nSPS) is 18.7. The van der Waals surface area contributed by atoms with E-state index in [-0.39, 0.29) is 11.7 Å². The predicted molar refractivity (Wildman–Crippen MR) is 53.0 cm³/mol. The Hall–Kier alpha value is -1.26. The summed E-state index contributed by atoms with van der Waals surface area (Å²) in [6.07, 6.45) is 2.08. The van der Waals surface area contributed by atoms with Gasteiger partial charge < -0.3 is 15.8 Å². The van der Waals surface area contributed by atoms with Gasteiger partial charge in [-0.25, -0.2) is 0 Å². The molecule has 1 amide bonds. The van der Waals surface area contributed by atoms with Crippen LogP contribution in [0.25, 0.3) is 0 Å². The number of carbonyl (C=O) groups excluding carboxylic acids is 1. The molecule has 0 aromatic rings. The molecular weight excluding hydrogens is 182 g/mol. The number of rotatable bonds is 2. The first kappa shape index (κ1) is 10.8. The minimum absolute atomic E-state index is 0.0330. The van der Waals surface area contributed by atoms with Crippen molar-refractivity contribution in [2.75, 3.05) is 13.1 Å². The van der Waals surface area contributed by atoms with E-state index in [9.17, 15) is 4.79 Å². The molecule has 0 unspecified atom stereocenters. The summed E-state index contributed by atoms with van der Waals surface area (Å²) >= 11 is 0. The Labute approximate surface area is 83.6 Å². The first-order valence-electron chi connectivity index (χ1n) is 4.77. The van der Waals surface area contributed by atoms with Gasteiger partial charge in [-0.2, -0.15) is 0 Å². The Morgan fingerprint density at radius 3 is 2.36 bits per heavy atom. The van der Waals surface area contributed by atoms with Gasteiger partial charge in [0.15, 0.2) is 5.84 Å². The molecule has 0 radical (unpaired) electrons. The summed E-state index contributed by atoms with van der Waals surface area (Å²) in [6.45, 7) is 4.90. The molecule has 3 N–H and O–H groups in total. The molecule has 0 aromatic heterocycles. The van der Waals surface area contributed by atoms with Gasteiger partial charge in [-0.3, -0.25) is 4.79 Å². The molecule has 0 aromatic carbocycles. The molecule has 1 heterocycles. The van der Waals surface area contributed by atoms with Crippen molar-refractivity contribution < 1.29 is 10.0 Å². The molecular formula is C9H17N3O2. The summed E-state index contributed by atoms with van der Waals surface area (Å²) < 4.78 is 0. The second-order valence-corrected chi connectivity index (χ2v) is 4.11. The highest BCUT2D eigenvalue weighted by Crippen LogP contribution is 2.22. The van der Waals surface area contributed by atoms with Crippen LogP contribution in [0.2, 0.25) is 0 Å². The Morgan fingerprint density at radius 1 is 1.43 bits per heavy atom. The van der Waals surface area contributed by atoms with Gasteiger partial charge in [0.05, 0.1) is 0 Å². The third-order valence-electron chi connectivity index (χ3n) is 2.68. The smallest absolute Gasteiger partial charge is 0.235 e. The van der Waals surface area contributed by atoms with Crippen molar-refractivity contribution in [1.29, 1.82) is 0 Å². The van der Waals surface area contributed by atoms with E-state index in [4.69, 9.17) is 10.9 Å². The Balaban J connectivity index is 2.76. The monoisotopic (exact) mass is 199 g/mol. The number of hydrogen-bond acceptors (Lipinski definition) is 3. The van der Waals surface area contributed by atoms with Crippen LogP contribution in [0.4, 0.5) is 0 Å². The van der Waals surface area contributed by atoms with E-state index >= 15 is 0 Å². The highest BCUT2D eigenvalue weighted by Gasteiger charge is 2.37. The number of nitrogens with two attached hydrogens (primary N) is 1. The van der Waals surface area contributed by atoms with Crippen LogP contribution < -0.4 is 5.73 Å². The summed E-state index contributed by atoms with van der Waals surface area (Å²) in [5, 5.41) is 11.5. The topological polar surface area (TPSA) is 78.9 Å². The lowest BCUT2D eigenvalue weighted by Crippen LogP contribution is -2.47. The van der Waals surface area contributed by atoms with Gasteiger partial charge in [0, 0.05) is 13.1 Å². The van der Waals surface area contributed by atoms with Gasteiger partial charge in [0.25, 0.3) is 0 Å². The first-order valence-corrected chi connectivity index (χ1v) is 4.77. The predicted octanol–water partition coefficient (Wildman–Crippen LogP) is 0.381. The van der Waals surface area contributed by atoms with E-state index in [2.05, 4.69) is 5.16 Å². The molecule has 0 atom stereocenters. The number of amides is 1. The van der Waals surface area contributed by atoms with Crippen molar-refractivity contribution >= 4 is 11.7 Å². The average molecular weight is 199 g/mol. The molecule has 14 heavy (non-hydrogen) atoms. The van der Waals surface area contributed by atoms with E-state index < -0.39 is 5.41 Å². The van der Waals surface area contributed by atoms with Gasteiger partial charge >= 0.3 is 0 Å². The lowest BCUT2D eigenvalue weighted by atomic mass is 9.90. The number of likely N-dealkylation sites (tertiary alicyclic amines) is 1. The highest BCUT2D eigenvalue weighted by atomic mass is 16.4. The molecule has 1 aliphatic heterocycles. The SMILES string of the molecule is CC(C)(C(=O)N1CCCC1)/C(N)=N/O. The second kappa shape index (κ2) is 3.86. The van der Waals surface area contributed by atoms with Crippen molar-refractivity contribution in [1.82, 2.24) is 4.90 Å². The number of carbonyl (C=O) groups is 1. The summed E-state index contributed by atoms with van der Waals surface area (Å²) in [5.41, 5.74) is 4.57. The van der Waals surface area contributed by atoms with Crippen LogP contribution in [-0.2, 0) is 4.79 Å². The van der Waals surface area contributed by atoms with Crippen molar-refractivity contribution in [3.63, 3.8) is 0 Å². The van der Waals surface area contributed by atoms with Crippen LogP contribution in [0.15, 0.2) is 5.16 Å². The maximum Gasteiger partial charge on any atom is 0.235 e. The third kappa shape index (κ3) is 1.81. The first-order chi connectivity index (χ1) is 6.50. The molecule has 0 bridgehead atoms. The fourth-order valence-corrected chi connectivity index (χ4v) is 1.55. The van der Waals surface area contributed by atoms with Crippen LogP contribution in [0.5, 0.6) is 0 Å². The summed E-state index contributed by atoms with van der Waals surface area (Å²) in [4.78, 5) is 13.7. The van der Waals surface area contributed by atoms with Gasteiger partial charge in [0.2, 0.25) is 5.91 Å². The summed E-state index contributed by atoms with van der Waals surface area (Å²) in [6, 6.07) is 0. The van der Waals surface area contributed by atoms with E-state index in [1.165, 1.54) is 0 Å². The molecule has 1 aliphatic rings. The lowest BCUT2D eigenvalue weighted by Gasteiger charge is -2.27. The third-order valence-corrected chi connectivity index (χ3v) is 2.68. The molecule has 0 aliphatic carbocycles. The van der Waals surface area contributed by atoms with Crippen LogP contribution in [0.1, 0.15) is 26.7 Å². The van der Waals surface area contributed by atoms with Crippen molar-refractivity contribution in [3.8, 4) is 0 Å². The summed E-state index contributed by atoms with van der Waals surface area (Å²) in [7, 11) is 0. The number of nitrogens with zero attached hydrogens (tertiary/aromatic N) is 2. The fourth-order valence-electron chi connectivity index (χ4n) is 1.55. The fraction of sp³-hybridized carbons (Fsp3) is 0.778. The number of hydrogen-bond donors (Lipinski definition) is 2. The van der Waals surface area contributed by atoms with E-state index in [0.29, 0.717) is 0 Å². The molecule has 1 rings (SSSR count). The molecule has 5 nitrogen and oxygen atoms in total. The zero-order chi connectivity index (χ0) is 10.8. The van der Waals surface area contributed by atoms with E-state index in [0.717, 1.165) is 25.9 Å². The van der Waals surface area contributed by atoms with Crippen molar-refractivity contribution in [3.05, 3.63) is 0 Å². The van der Waals surface area contributed by atoms with Crippen LogP contribution in [-0.4, -0.2) is 34.9 Å². The standard InChI is InChI=1S/C9H17N3O2/c1-9(2,7(10)11-14)8(13)12-5-3-4-6-12/h14H,3-6H2,1-2H3,(H2,10,11). The van der Waals surface area contributed by atoms with Crippen LogP contribution in [0.3, 0.4) is 0 Å². The minimum atomic E-state index is -0.904. The molecule has 1 fully saturated rings. The van der Waals surface area contributed by atoms with Gasteiger partial charge in [-0.15, -0.1) is 0 Å². The number of oxime groups is 1. The van der Waals surface area contributed by atoms with Crippen LogP contribution >= 0.6 is 0 Å². The van der Waals surface area contributed by atoms with Gasteiger partial charge in [-0.05, 0) is 26.7 Å².